The van der Waals surface area contributed by atoms with Crippen LogP contribution < -0.4 is 5.32 Å². The van der Waals surface area contributed by atoms with E-state index in [1.165, 1.54) is 0 Å². The number of ketones is 1. The molecule has 1 aromatic heterocycles. The van der Waals surface area contributed by atoms with Gasteiger partial charge in [-0.15, -0.1) is 6.58 Å². The van der Waals surface area contributed by atoms with Crippen LogP contribution in [0.15, 0.2) is 29.4 Å². The number of carbonyl (C=O) groups excluding carboxylic acids is 2. The first kappa shape index (κ1) is 29.3. The maximum atomic E-state index is 13.6. The molecule has 3 heterocycles. The predicted molar refractivity (Wildman–Crippen MR) is 141 cm³/mol. The largest absolute Gasteiger partial charge is 0.449 e. The summed E-state index contributed by atoms with van der Waals surface area (Å²) in [5.74, 6) is -0.761. The number of hydrogen-bond acceptors (Lipinski definition) is 7. The fourth-order valence-electron chi connectivity index (χ4n) is 5.33. The van der Waals surface area contributed by atoms with E-state index in [0.29, 0.717) is 30.8 Å². The van der Waals surface area contributed by atoms with E-state index in [2.05, 4.69) is 23.8 Å². The molecule has 0 radical (unpaired) electrons. The number of Topliss-reactive ketones (excluding diaryl/α,β-unsaturated/α-hetero) is 1. The Morgan fingerprint density at radius 2 is 2.00 bits per heavy atom. The summed E-state index contributed by atoms with van der Waals surface area (Å²) >= 11 is 0. The van der Waals surface area contributed by atoms with Gasteiger partial charge in [-0.3, -0.25) is 9.59 Å². The SMILES string of the molecule is C=CCC[C@H]1C(=O)C(C)(C)[C@@H](O)CC(=O)N[C@H](C=Cc2coc(C)n2)CC2OC2(C)CCC[C@H](C)[C@H]1O. The minimum absolute atomic E-state index is 0.0158. The summed E-state index contributed by atoms with van der Waals surface area (Å²) in [7, 11) is 0. The zero-order valence-corrected chi connectivity index (χ0v) is 22.9. The third-order valence-corrected chi connectivity index (χ3v) is 8.18. The smallest absolute Gasteiger partial charge is 0.223 e. The maximum absolute atomic E-state index is 13.6. The number of amides is 1. The predicted octanol–water partition coefficient (Wildman–Crippen LogP) is 4.14. The first-order valence-corrected chi connectivity index (χ1v) is 13.5. The van der Waals surface area contributed by atoms with Gasteiger partial charge in [-0.1, -0.05) is 39.3 Å². The highest BCUT2D eigenvalue weighted by Crippen LogP contribution is 2.44. The molecule has 8 heteroatoms. The summed E-state index contributed by atoms with van der Waals surface area (Å²) in [6.45, 7) is 12.9. The summed E-state index contributed by atoms with van der Waals surface area (Å²) in [6.07, 6.45) is 8.74. The second-order valence-electron chi connectivity index (χ2n) is 11.6. The number of aliphatic hydroxyl groups excluding tert-OH is 2. The van der Waals surface area contributed by atoms with Gasteiger partial charge in [-0.25, -0.2) is 4.98 Å². The third-order valence-electron chi connectivity index (χ3n) is 8.18. The van der Waals surface area contributed by atoms with Crippen molar-refractivity contribution in [1.29, 1.82) is 0 Å². The van der Waals surface area contributed by atoms with Gasteiger partial charge in [-0.05, 0) is 44.6 Å². The van der Waals surface area contributed by atoms with Gasteiger partial charge in [0.2, 0.25) is 5.91 Å². The molecule has 8 nitrogen and oxygen atoms in total. The first-order valence-electron chi connectivity index (χ1n) is 13.5. The number of hydrogen-bond donors (Lipinski definition) is 3. The maximum Gasteiger partial charge on any atom is 0.223 e. The Labute approximate surface area is 220 Å². The van der Waals surface area contributed by atoms with Crippen LogP contribution in [0.4, 0.5) is 0 Å². The lowest BCUT2D eigenvalue weighted by molar-refractivity contribution is -0.144. The molecule has 0 spiro atoms. The number of nitrogens with zero attached hydrogens (tertiary/aromatic N) is 1. The molecule has 3 N–H and O–H groups in total. The Bertz CT molecular complexity index is 985. The Balaban J connectivity index is 1.84. The van der Waals surface area contributed by atoms with Crippen molar-refractivity contribution in [3.05, 3.63) is 36.6 Å². The average Bonchev–Trinajstić information content (AvgIpc) is 3.26. The standard InChI is InChI=1S/C29H44N2O6/c1-7-8-11-22-26(34)18(2)10-9-14-29(6)24(37-29)15-20(12-13-21-17-36-19(3)30-21)31-25(33)16-23(32)28(4,5)27(22)35/h7,12-13,17-18,20,22-24,26,32,34H,1,8-11,14-16H2,2-6H3,(H,31,33)/t18-,20+,22+,23-,24?,26+,29?/m0/s1. The molecular formula is C29H44N2O6. The van der Waals surface area contributed by atoms with Crippen LogP contribution in [0.1, 0.15) is 84.2 Å². The minimum atomic E-state index is -1.21. The van der Waals surface area contributed by atoms with Crippen molar-refractivity contribution in [2.75, 3.05) is 0 Å². The summed E-state index contributed by atoms with van der Waals surface area (Å²) in [5, 5.41) is 25.2. The van der Waals surface area contributed by atoms with Crippen molar-refractivity contribution in [3.8, 4) is 0 Å². The summed E-state index contributed by atoms with van der Waals surface area (Å²) in [6, 6.07) is -0.337. The first-order chi connectivity index (χ1) is 17.4. The molecule has 2 aliphatic heterocycles. The number of ether oxygens (including phenoxy) is 1. The Morgan fingerprint density at radius 3 is 2.65 bits per heavy atom. The lowest BCUT2D eigenvalue weighted by Crippen LogP contribution is -2.48. The second kappa shape index (κ2) is 12.0. The number of aliphatic hydroxyl groups is 2. The zero-order chi connectivity index (χ0) is 27.4. The van der Waals surface area contributed by atoms with Crippen LogP contribution in [0.3, 0.4) is 0 Å². The molecule has 0 saturated carbocycles. The molecule has 37 heavy (non-hydrogen) atoms. The Kier molecular flexibility index (Phi) is 9.53. The van der Waals surface area contributed by atoms with Gasteiger partial charge in [0, 0.05) is 19.3 Å². The minimum Gasteiger partial charge on any atom is -0.449 e. The van der Waals surface area contributed by atoms with Crippen LogP contribution in [0.25, 0.3) is 6.08 Å². The van der Waals surface area contributed by atoms with E-state index in [-0.39, 0.29) is 41.8 Å². The van der Waals surface area contributed by atoms with Crippen LogP contribution in [0.5, 0.6) is 0 Å². The molecule has 1 aromatic rings. The normalized spacial score (nSPS) is 35.6. The highest BCUT2D eigenvalue weighted by molar-refractivity contribution is 5.88. The summed E-state index contributed by atoms with van der Waals surface area (Å²) in [4.78, 5) is 30.9. The van der Waals surface area contributed by atoms with Crippen molar-refractivity contribution in [1.82, 2.24) is 10.3 Å². The van der Waals surface area contributed by atoms with Crippen LogP contribution in [0.2, 0.25) is 0 Å². The number of rotatable bonds is 5. The Hall–Kier alpha value is -2.29. The molecule has 0 aromatic carbocycles. The average molecular weight is 517 g/mol. The van der Waals surface area contributed by atoms with Crippen molar-refractivity contribution >= 4 is 17.8 Å². The number of aromatic nitrogens is 1. The van der Waals surface area contributed by atoms with E-state index in [4.69, 9.17) is 9.15 Å². The van der Waals surface area contributed by atoms with Crippen molar-refractivity contribution in [2.24, 2.45) is 17.3 Å². The molecule has 7 atom stereocenters. The number of fused-ring (bicyclic) bond motifs is 1. The lowest BCUT2D eigenvalue weighted by atomic mass is 9.71. The number of allylic oxidation sites excluding steroid dienone is 1. The lowest BCUT2D eigenvalue weighted by Gasteiger charge is -2.36. The van der Waals surface area contributed by atoms with E-state index in [0.717, 1.165) is 19.3 Å². The number of aryl methyl sites for hydroxylation is 1. The van der Waals surface area contributed by atoms with E-state index < -0.39 is 23.5 Å². The van der Waals surface area contributed by atoms with Gasteiger partial charge >= 0.3 is 0 Å². The van der Waals surface area contributed by atoms with Crippen LogP contribution in [-0.4, -0.2) is 56.8 Å². The van der Waals surface area contributed by atoms with Crippen LogP contribution >= 0.6 is 0 Å². The highest BCUT2D eigenvalue weighted by Gasteiger charge is 2.52. The summed E-state index contributed by atoms with van der Waals surface area (Å²) < 4.78 is 11.3. The topological polar surface area (TPSA) is 125 Å². The fraction of sp³-hybridized carbons (Fsp3) is 0.690. The monoisotopic (exact) mass is 516 g/mol. The molecule has 3 rings (SSSR count). The van der Waals surface area contributed by atoms with Gasteiger partial charge in [0.1, 0.15) is 17.7 Å². The van der Waals surface area contributed by atoms with Gasteiger partial charge in [0.15, 0.2) is 5.89 Å². The van der Waals surface area contributed by atoms with Gasteiger partial charge < -0.3 is 24.7 Å². The zero-order valence-electron chi connectivity index (χ0n) is 22.9. The molecular weight excluding hydrogens is 472 g/mol. The van der Waals surface area contributed by atoms with E-state index in [1.807, 2.05) is 13.0 Å². The van der Waals surface area contributed by atoms with Crippen molar-refractivity contribution in [2.45, 2.75) is 110 Å². The second-order valence-corrected chi connectivity index (χ2v) is 11.6. The molecule has 0 aliphatic carbocycles. The molecule has 2 aliphatic rings. The molecule has 206 valence electrons. The molecule has 2 saturated heterocycles. The molecule has 2 fully saturated rings. The van der Waals surface area contributed by atoms with E-state index in [1.54, 1.807) is 39.2 Å². The Morgan fingerprint density at radius 1 is 1.27 bits per heavy atom. The quantitative estimate of drug-likeness (QED) is 0.397. The molecule has 1 amide bonds. The molecule has 2 unspecified atom stereocenters. The van der Waals surface area contributed by atoms with E-state index in [9.17, 15) is 19.8 Å². The van der Waals surface area contributed by atoms with Crippen LogP contribution in [-0.2, 0) is 14.3 Å². The molecule has 0 bridgehead atoms. The number of epoxide rings is 1. The van der Waals surface area contributed by atoms with Crippen molar-refractivity contribution < 1.29 is 29.0 Å². The van der Waals surface area contributed by atoms with Gasteiger partial charge in [0.25, 0.3) is 0 Å². The van der Waals surface area contributed by atoms with E-state index >= 15 is 0 Å². The number of nitrogens with one attached hydrogen (secondary N) is 1. The third kappa shape index (κ3) is 7.39. The highest BCUT2D eigenvalue weighted by atomic mass is 16.6. The van der Waals surface area contributed by atoms with Crippen molar-refractivity contribution in [3.63, 3.8) is 0 Å². The summed E-state index contributed by atoms with van der Waals surface area (Å²) in [5.41, 5.74) is -0.839. The van der Waals surface area contributed by atoms with Gasteiger partial charge in [0.05, 0.1) is 41.8 Å². The number of carbonyl (C=O) groups is 2. The fourth-order valence-corrected chi connectivity index (χ4v) is 5.33. The van der Waals surface area contributed by atoms with Crippen LogP contribution in [0, 0.1) is 24.2 Å². The number of oxazole rings is 1. The van der Waals surface area contributed by atoms with Gasteiger partial charge in [-0.2, -0.15) is 0 Å².